The average Bonchev–Trinajstić information content (AvgIpc) is 3.42. The molecule has 6 heteroatoms. The van der Waals surface area contributed by atoms with Crippen LogP contribution in [0.15, 0.2) is 146 Å². The highest BCUT2D eigenvalue weighted by atomic mass is 16.6. The summed E-state index contributed by atoms with van der Waals surface area (Å²) < 4.78 is 16.8. The molecule has 0 saturated heterocycles. The van der Waals surface area contributed by atoms with Gasteiger partial charge in [0.1, 0.15) is 13.2 Å². The third-order valence-corrected chi connectivity index (χ3v) is 12.5. The van der Waals surface area contributed by atoms with Crippen LogP contribution in [0.25, 0.3) is 0 Å². The average molecular weight is 1050 g/mol. The van der Waals surface area contributed by atoms with Gasteiger partial charge in [-0.15, -0.1) is 0 Å². The summed E-state index contributed by atoms with van der Waals surface area (Å²) in [7, 11) is 0. The van der Waals surface area contributed by atoms with E-state index in [2.05, 4.69) is 167 Å². The summed E-state index contributed by atoms with van der Waals surface area (Å²) in [5.41, 5.74) is 0. The molecule has 6 nitrogen and oxygen atoms in total. The number of hydrogen-bond acceptors (Lipinski definition) is 6. The fraction of sp³-hybridized carbons (Fsp3) is 0.614. The third kappa shape index (κ3) is 60.2. The number of ether oxygens (including phenoxy) is 3. The summed E-state index contributed by atoms with van der Waals surface area (Å²) in [6, 6.07) is 0. The first-order valence-electron chi connectivity index (χ1n) is 30.8. The molecule has 0 rings (SSSR count). The van der Waals surface area contributed by atoms with Crippen molar-refractivity contribution in [3.63, 3.8) is 0 Å². The molecule has 1 atom stereocenters. The first-order valence-corrected chi connectivity index (χ1v) is 30.8. The maximum absolute atomic E-state index is 12.9. The van der Waals surface area contributed by atoms with Crippen LogP contribution in [0.1, 0.15) is 258 Å². The Morgan fingerprint density at radius 1 is 0.276 bits per heavy atom. The highest BCUT2D eigenvalue weighted by Gasteiger charge is 2.19. The Labute approximate surface area is 467 Å². The standard InChI is InChI=1S/C70H112O6/c1-4-7-10-13-16-19-22-25-27-29-30-31-32-33-34-35-36-37-38-39-40-41-43-45-48-51-54-57-60-63-69(72)75-66-67(65-74-68(71)62-59-56-53-50-47-44-24-21-18-15-12-9-6-3)76-70(73)64-61-58-55-52-49-46-42-28-26-23-20-17-14-11-8-5-2/h7,10,12,15-16,19,21,24-25,27-28,30-31,33-34,36-37,39-40,42-43,45,51,54,67H,4-6,8-9,11,13-14,17-18,20,22-23,26,29,32,35,38,41,44,46-50,52-53,55-66H2,1-3H3/b10-7-,15-12-,19-16-,24-21-,27-25-,31-30-,34-33-,37-36-,40-39-,42-28-,45-43-,54-51-. The fourth-order valence-corrected chi connectivity index (χ4v) is 7.95. The quantitative estimate of drug-likeness (QED) is 0.0261. The molecule has 0 N–H and O–H groups in total. The first kappa shape index (κ1) is 71.3. The van der Waals surface area contributed by atoms with Gasteiger partial charge >= 0.3 is 17.9 Å². The summed E-state index contributed by atoms with van der Waals surface area (Å²) in [4.78, 5) is 38.2. The smallest absolute Gasteiger partial charge is 0.306 e. The van der Waals surface area contributed by atoms with E-state index in [1.807, 2.05) is 0 Å². The van der Waals surface area contributed by atoms with Crippen LogP contribution in [0.5, 0.6) is 0 Å². The summed E-state index contributed by atoms with van der Waals surface area (Å²) in [6.07, 6.45) is 90.0. The third-order valence-electron chi connectivity index (χ3n) is 12.5. The normalized spacial score (nSPS) is 13.1. The van der Waals surface area contributed by atoms with Crippen molar-refractivity contribution < 1.29 is 28.6 Å². The Morgan fingerprint density at radius 2 is 0.553 bits per heavy atom. The molecule has 0 aliphatic rings. The van der Waals surface area contributed by atoms with E-state index in [4.69, 9.17) is 14.2 Å². The molecular formula is C70H112O6. The van der Waals surface area contributed by atoms with E-state index < -0.39 is 6.10 Å². The number of carbonyl (C=O) groups is 3. The SMILES string of the molecule is CC/C=C\C/C=C\C/C=C\C/C=C\C/C=C\C/C=C\C/C=C\C/C=C\C/C=C\CCCC(=O)OCC(COC(=O)CCCCCCC/C=C\C/C=C\CCC)OC(=O)CCCCCCC/C=C\CCCCCCCCC. The second-order valence-corrected chi connectivity index (χ2v) is 19.9. The Balaban J connectivity index is 4.46. The first-order chi connectivity index (χ1) is 37.5. The lowest BCUT2D eigenvalue weighted by Crippen LogP contribution is -2.30. The van der Waals surface area contributed by atoms with Gasteiger partial charge in [-0.3, -0.25) is 14.4 Å². The number of allylic oxidation sites excluding steroid dienone is 24. The molecular weight excluding hydrogens is 937 g/mol. The molecule has 0 bridgehead atoms. The lowest BCUT2D eigenvalue weighted by atomic mass is 10.1. The minimum Gasteiger partial charge on any atom is -0.462 e. The predicted octanol–water partition coefficient (Wildman–Crippen LogP) is 21.2. The summed E-state index contributed by atoms with van der Waals surface area (Å²) in [5, 5.41) is 0. The summed E-state index contributed by atoms with van der Waals surface area (Å²) in [5.74, 6) is -0.998. The monoisotopic (exact) mass is 1050 g/mol. The van der Waals surface area contributed by atoms with Gasteiger partial charge in [-0.25, -0.2) is 0 Å². The number of carbonyl (C=O) groups excluding carboxylic acids is 3. The van der Waals surface area contributed by atoms with Crippen molar-refractivity contribution in [3.8, 4) is 0 Å². The van der Waals surface area contributed by atoms with Gasteiger partial charge in [0, 0.05) is 19.3 Å². The van der Waals surface area contributed by atoms with E-state index in [9.17, 15) is 14.4 Å². The number of esters is 3. The highest BCUT2D eigenvalue weighted by molar-refractivity contribution is 5.71. The second kappa shape index (κ2) is 62.8. The Kier molecular flexibility index (Phi) is 58.9. The second-order valence-electron chi connectivity index (χ2n) is 19.9. The van der Waals surface area contributed by atoms with Crippen molar-refractivity contribution in [2.24, 2.45) is 0 Å². The van der Waals surface area contributed by atoms with E-state index in [1.54, 1.807) is 0 Å². The van der Waals surface area contributed by atoms with Crippen molar-refractivity contribution in [2.45, 2.75) is 264 Å². The topological polar surface area (TPSA) is 78.9 Å². The summed E-state index contributed by atoms with van der Waals surface area (Å²) >= 11 is 0. The molecule has 0 aliphatic carbocycles. The van der Waals surface area contributed by atoms with E-state index >= 15 is 0 Å². The molecule has 428 valence electrons. The predicted molar refractivity (Wildman–Crippen MR) is 329 cm³/mol. The lowest BCUT2D eigenvalue weighted by molar-refractivity contribution is -0.167. The fourth-order valence-electron chi connectivity index (χ4n) is 7.95. The van der Waals surface area contributed by atoms with Crippen molar-refractivity contribution in [1.82, 2.24) is 0 Å². The van der Waals surface area contributed by atoms with Crippen molar-refractivity contribution in [1.29, 1.82) is 0 Å². The zero-order valence-corrected chi connectivity index (χ0v) is 49.0. The molecule has 0 aliphatic heterocycles. The lowest BCUT2D eigenvalue weighted by Gasteiger charge is -2.18. The number of unbranched alkanes of at least 4 members (excludes halogenated alkanes) is 19. The Hall–Kier alpha value is -4.71. The van der Waals surface area contributed by atoms with Gasteiger partial charge in [0.05, 0.1) is 0 Å². The zero-order chi connectivity index (χ0) is 55.0. The van der Waals surface area contributed by atoms with Crippen molar-refractivity contribution in [3.05, 3.63) is 146 Å². The highest BCUT2D eigenvalue weighted by Crippen LogP contribution is 2.13. The van der Waals surface area contributed by atoms with Crippen LogP contribution in [0.3, 0.4) is 0 Å². The van der Waals surface area contributed by atoms with E-state index in [0.717, 1.165) is 148 Å². The molecule has 0 fully saturated rings. The van der Waals surface area contributed by atoms with E-state index in [-0.39, 0.29) is 37.5 Å². The van der Waals surface area contributed by atoms with Gasteiger partial charge in [0.2, 0.25) is 0 Å². The molecule has 0 saturated carbocycles. The molecule has 0 heterocycles. The molecule has 0 aromatic rings. The number of hydrogen-bond donors (Lipinski definition) is 0. The Morgan fingerprint density at radius 3 is 0.921 bits per heavy atom. The molecule has 0 amide bonds. The minimum absolute atomic E-state index is 0.111. The maximum Gasteiger partial charge on any atom is 0.306 e. The van der Waals surface area contributed by atoms with Crippen LogP contribution in [-0.4, -0.2) is 37.2 Å². The molecule has 1 unspecified atom stereocenters. The van der Waals surface area contributed by atoms with Crippen LogP contribution in [0.4, 0.5) is 0 Å². The van der Waals surface area contributed by atoms with Gasteiger partial charge in [0.15, 0.2) is 6.10 Å². The molecule has 76 heavy (non-hydrogen) atoms. The van der Waals surface area contributed by atoms with Gasteiger partial charge in [-0.1, -0.05) is 250 Å². The Bertz CT molecular complexity index is 1680. The van der Waals surface area contributed by atoms with Crippen LogP contribution < -0.4 is 0 Å². The van der Waals surface area contributed by atoms with Gasteiger partial charge in [-0.05, 0) is 135 Å². The minimum atomic E-state index is -0.818. The molecule has 0 aromatic carbocycles. The van der Waals surface area contributed by atoms with Gasteiger partial charge < -0.3 is 14.2 Å². The molecule has 0 spiro atoms. The van der Waals surface area contributed by atoms with Gasteiger partial charge in [-0.2, -0.15) is 0 Å². The van der Waals surface area contributed by atoms with E-state index in [0.29, 0.717) is 19.3 Å². The zero-order valence-electron chi connectivity index (χ0n) is 49.0. The maximum atomic E-state index is 12.9. The van der Waals surface area contributed by atoms with Crippen LogP contribution in [0.2, 0.25) is 0 Å². The van der Waals surface area contributed by atoms with Crippen LogP contribution in [-0.2, 0) is 28.6 Å². The molecule has 0 radical (unpaired) electrons. The molecule has 0 aromatic heterocycles. The van der Waals surface area contributed by atoms with Crippen LogP contribution >= 0.6 is 0 Å². The van der Waals surface area contributed by atoms with Crippen LogP contribution in [0, 0.1) is 0 Å². The summed E-state index contributed by atoms with van der Waals surface area (Å²) in [6.45, 7) is 6.39. The van der Waals surface area contributed by atoms with Crippen molar-refractivity contribution in [2.75, 3.05) is 13.2 Å². The largest absolute Gasteiger partial charge is 0.462 e. The van der Waals surface area contributed by atoms with Gasteiger partial charge in [0.25, 0.3) is 0 Å². The van der Waals surface area contributed by atoms with Crippen molar-refractivity contribution >= 4 is 17.9 Å². The number of rotatable bonds is 54. The van der Waals surface area contributed by atoms with E-state index in [1.165, 1.54) is 64.2 Å².